The normalized spacial score (nSPS) is 15.0. The van der Waals surface area contributed by atoms with Crippen LogP contribution < -0.4 is 10.6 Å². The van der Waals surface area contributed by atoms with Gasteiger partial charge in [-0.3, -0.25) is 4.79 Å². The summed E-state index contributed by atoms with van der Waals surface area (Å²) in [6.45, 7) is 0. The first-order chi connectivity index (χ1) is 11.7. The highest BCUT2D eigenvalue weighted by atomic mass is 19.1. The van der Waals surface area contributed by atoms with Crippen LogP contribution in [0.15, 0.2) is 42.6 Å². The van der Waals surface area contributed by atoms with Crippen molar-refractivity contribution in [2.45, 2.75) is 44.6 Å². The lowest BCUT2D eigenvalue weighted by Crippen LogP contribution is -2.22. The maximum Gasteiger partial charge on any atom is 0.229 e. The van der Waals surface area contributed by atoms with E-state index in [9.17, 15) is 9.18 Å². The molecule has 1 aliphatic rings. The van der Waals surface area contributed by atoms with E-state index in [0.717, 1.165) is 5.69 Å². The molecular weight excluding hydrogens is 305 g/mol. The lowest BCUT2D eigenvalue weighted by Gasteiger charge is -2.23. The predicted octanol–water partition coefficient (Wildman–Crippen LogP) is 4.15. The fraction of sp³-hybridized carbons (Fsp3) is 0.368. The van der Waals surface area contributed by atoms with Gasteiger partial charge in [-0.1, -0.05) is 31.4 Å². The Balaban J connectivity index is 1.52. The third-order valence-corrected chi connectivity index (χ3v) is 4.26. The van der Waals surface area contributed by atoms with Gasteiger partial charge in [0.05, 0.1) is 18.3 Å². The SMILES string of the molecule is O=C(Cc1cccc(F)c1)Nc1ccc(NC2CCCCC2)cn1. The summed E-state index contributed by atoms with van der Waals surface area (Å²) in [5.41, 5.74) is 1.62. The van der Waals surface area contributed by atoms with Crippen LogP contribution in [0.3, 0.4) is 0 Å². The number of anilines is 2. The van der Waals surface area contributed by atoms with Crippen molar-refractivity contribution in [1.82, 2.24) is 4.98 Å². The number of amides is 1. The van der Waals surface area contributed by atoms with Crippen LogP contribution in [0.25, 0.3) is 0 Å². The molecule has 1 aliphatic carbocycles. The van der Waals surface area contributed by atoms with Gasteiger partial charge in [-0.15, -0.1) is 0 Å². The topological polar surface area (TPSA) is 54.0 Å². The average Bonchev–Trinajstić information content (AvgIpc) is 2.57. The van der Waals surface area contributed by atoms with Crippen LogP contribution in [0.4, 0.5) is 15.9 Å². The van der Waals surface area contributed by atoms with Crippen LogP contribution in [0, 0.1) is 5.82 Å². The molecule has 0 atom stereocenters. The third-order valence-electron chi connectivity index (χ3n) is 4.26. The highest BCUT2D eigenvalue weighted by Gasteiger charge is 2.13. The quantitative estimate of drug-likeness (QED) is 0.867. The zero-order chi connectivity index (χ0) is 16.8. The van der Waals surface area contributed by atoms with Crippen LogP contribution in [0.2, 0.25) is 0 Å². The molecule has 1 aromatic heterocycles. The van der Waals surface area contributed by atoms with Gasteiger partial charge in [0.25, 0.3) is 0 Å². The van der Waals surface area contributed by atoms with E-state index in [2.05, 4.69) is 15.6 Å². The summed E-state index contributed by atoms with van der Waals surface area (Å²) < 4.78 is 13.1. The summed E-state index contributed by atoms with van der Waals surface area (Å²) in [4.78, 5) is 16.3. The maximum atomic E-state index is 13.1. The van der Waals surface area contributed by atoms with Crippen molar-refractivity contribution in [2.75, 3.05) is 10.6 Å². The molecule has 0 spiro atoms. The van der Waals surface area contributed by atoms with Gasteiger partial charge in [0.1, 0.15) is 11.6 Å². The number of aromatic nitrogens is 1. The molecule has 24 heavy (non-hydrogen) atoms. The number of carbonyl (C=O) groups is 1. The number of hydrogen-bond donors (Lipinski definition) is 2. The number of carbonyl (C=O) groups excluding carboxylic acids is 1. The van der Waals surface area contributed by atoms with Crippen LogP contribution >= 0.6 is 0 Å². The fourth-order valence-corrected chi connectivity index (χ4v) is 3.06. The Morgan fingerprint density at radius 1 is 1.17 bits per heavy atom. The number of halogens is 1. The summed E-state index contributed by atoms with van der Waals surface area (Å²) in [5, 5.41) is 6.23. The van der Waals surface area contributed by atoms with Crippen molar-refractivity contribution in [1.29, 1.82) is 0 Å². The van der Waals surface area contributed by atoms with Crippen LogP contribution in [-0.2, 0) is 11.2 Å². The van der Waals surface area contributed by atoms with Gasteiger partial charge in [-0.25, -0.2) is 9.37 Å². The van der Waals surface area contributed by atoms with Crippen molar-refractivity contribution in [3.8, 4) is 0 Å². The smallest absolute Gasteiger partial charge is 0.229 e. The lowest BCUT2D eigenvalue weighted by molar-refractivity contribution is -0.115. The van der Waals surface area contributed by atoms with E-state index >= 15 is 0 Å². The molecule has 0 radical (unpaired) electrons. The van der Waals surface area contributed by atoms with E-state index in [0.29, 0.717) is 17.4 Å². The average molecular weight is 327 g/mol. The highest BCUT2D eigenvalue weighted by Crippen LogP contribution is 2.21. The molecule has 126 valence electrons. The van der Waals surface area contributed by atoms with Crippen molar-refractivity contribution >= 4 is 17.4 Å². The van der Waals surface area contributed by atoms with Gasteiger partial charge in [-0.05, 0) is 42.7 Å². The van der Waals surface area contributed by atoms with Gasteiger partial charge in [0.2, 0.25) is 5.91 Å². The van der Waals surface area contributed by atoms with Gasteiger partial charge in [-0.2, -0.15) is 0 Å². The summed E-state index contributed by atoms with van der Waals surface area (Å²) in [6.07, 6.45) is 8.15. The standard InChI is InChI=1S/C19H22FN3O/c20-15-6-4-5-14(11-15)12-19(24)23-18-10-9-17(13-21-18)22-16-7-2-1-3-8-16/h4-6,9-11,13,16,22H,1-3,7-8,12H2,(H,21,23,24). The lowest BCUT2D eigenvalue weighted by atomic mass is 9.95. The second-order valence-corrected chi connectivity index (χ2v) is 6.27. The number of pyridine rings is 1. The molecule has 1 heterocycles. The molecule has 0 aliphatic heterocycles. The molecule has 0 unspecified atom stereocenters. The van der Waals surface area contributed by atoms with Gasteiger partial charge in [0, 0.05) is 6.04 Å². The zero-order valence-corrected chi connectivity index (χ0v) is 13.6. The molecule has 2 N–H and O–H groups in total. The molecule has 1 amide bonds. The molecule has 1 aromatic carbocycles. The second kappa shape index (κ2) is 7.90. The minimum atomic E-state index is -0.337. The minimum absolute atomic E-state index is 0.127. The Hall–Kier alpha value is -2.43. The van der Waals surface area contributed by atoms with E-state index in [1.165, 1.54) is 44.2 Å². The summed E-state index contributed by atoms with van der Waals surface area (Å²) in [7, 11) is 0. The van der Waals surface area contributed by atoms with Crippen molar-refractivity contribution in [3.05, 3.63) is 54.0 Å². The maximum absolute atomic E-state index is 13.1. The molecule has 1 saturated carbocycles. The minimum Gasteiger partial charge on any atom is -0.381 e. The van der Waals surface area contributed by atoms with Crippen LogP contribution in [0.5, 0.6) is 0 Å². The molecule has 1 fully saturated rings. The Labute approximate surface area is 141 Å². The fourth-order valence-electron chi connectivity index (χ4n) is 3.06. The van der Waals surface area contributed by atoms with E-state index in [1.54, 1.807) is 24.4 Å². The summed E-state index contributed by atoms with van der Waals surface area (Å²) >= 11 is 0. The van der Waals surface area contributed by atoms with E-state index in [-0.39, 0.29) is 18.1 Å². The number of nitrogens with zero attached hydrogens (tertiary/aromatic N) is 1. The number of benzene rings is 1. The van der Waals surface area contributed by atoms with Crippen LogP contribution in [-0.4, -0.2) is 16.9 Å². The summed E-state index contributed by atoms with van der Waals surface area (Å²) in [5.74, 6) is -0.0387. The molecule has 3 rings (SSSR count). The van der Waals surface area contributed by atoms with Crippen molar-refractivity contribution in [2.24, 2.45) is 0 Å². The molecular formula is C19H22FN3O. The molecule has 5 heteroatoms. The zero-order valence-electron chi connectivity index (χ0n) is 13.6. The Morgan fingerprint density at radius 2 is 2.00 bits per heavy atom. The Kier molecular flexibility index (Phi) is 5.41. The van der Waals surface area contributed by atoms with Gasteiger partial charge in [0.15, 0.2) is 0 Å². The van der Waals surface area contributed by atoms with E-state index < -0.39 is 0 Å². The van der Waals surface area contributed by atoms with Crippen LogP contribution in [0.1, 0.15) is 37.7 Å². The van der Waals surface area contributed by atoms with Crippen molar-refractivity contribution in [3.63, 3.8) is 0 Å². The number of rotatable bonds is 5. The number of hydrogen-bond acceptors (Lipinski definition) is 3. The van der Waals surface area contributed by atoms with Gasteiger partial charge >= 0.3 is 0 Å². The summed E-state index contributed by atoms with van der Waals surface area (Å²) in [6, 6.07) is 10.3. The first-order valence-electron chi connectivity index (χ1n) is 8.46. The Morgan fingerprint density at radius 3 is 2.71 bits per heavy atom. The van der Waals surface area contributed by atoms with E-state index in [4.69, 9.17) is 0 Å². The first kappa shape index (κ1) is 16.4. The molecule has 0 bridgehead atoms. The third kappa shape index (κ3) is 4.78. The molecule has 2 aromatic rings. The van der Waals surface area contributed by atoms with Crippen molar-refractivity contribution < 1.29 is 9.18 Å². The molecule has 4 nitrogen and oxygen atoms in total. The second-order valence-electron chi connectivity index (χ2n) is 6.27. The largest absolute Gasteiger partial charge is 0.381 e. The molecule has 0 saturated heterocycles. The predicted molar refractivity (Wildman–Crippen MR) is 93.5 cm³/mol. The van der Waals surface area contributed by atoms with Gasteiger partial charge < -0.3 is 10.6 Å². The Bertz CT molecular complexity index is 681. The first-order valence-corrected chi connectivity index (χ1v) is 8.46. The highest BCUT2D eigenvalue weighted by molar-refractivity contribution is 5.91. The monoisotopic (exact) mass is 327 g/mol. The van der Waals surface area contributed by atoms with E-state index in [1.807, 2.05) is 6.07 Å². The number of nitrogens with one attached hydrogen (secondary N) is 2.